The number of likely N-dealkylation sites (tertiary alicyclic amines) is 1. The molecule has 4 amide bonds. The molecule has 3 aliphatic heterocycles. The lowest BCUT2D eigenvalue weighted by Gasteiger charge is -2.37. The average molecular weight is 843 g/mol. The Labute approximate surface area is 350 Å². The maximum absolute atomic E-state index is 13.8. The highest BCUT2D eigenvalue weighted by Crippen LogP contribution is 2.78. The van der Waals surface area contributed by atoms with Gasteiger partial charge in [-0.1, -0.05) is 13.0 Å². The first kappa shape index (κ1) is 41.1. The van der Waals surface area contributed by atoms with Gasteiger partial charge in [-0.05, 0) is 123 Å². The SMILES string of the molecule is CCc1cc(N2C(=S)N(c3cnc(C#N)c(C(F)(F)F)c3)C(=O)C2(C)C)ccc1OCCN1CC2C[C@@]3(CCC(=O)Nc4cccc(NC5CCC(=O)NC5=O)c4)C(C1)C23. The second-order valence-electron chi connectivity index (χ2n) is 16.9. The molecule has 0 radical (unpaired) electrons. The van der Waals surface area contributed by atoms with Crippen molar-refractivity contribution >= 4 is 63.7 Å². The summed E-state index contributed by atoms with van der Waals surface area (Å²) < 4.78 is 47.6. The van der Waals surface area contributed by atoms with E-state index in [4.69, 9.17) is 17.0 Å². The van der Waals surface area contributed by atoms with Gasteiger partial charge in [-0.2, -0.15) is 18.4 Å². The maximum atomic E-state index is 13.8. The van der Waals surface area contributed by atoms with Gasteiger partial charge in [0, 0.05) is 49.5 Å². The largest absolute Gasteiger partial charge is 0.492 e. The van der Waals surface area contributed by atoms with Crippen molar-refractivity contribution in [3.05, 3.63) is 71.5 Å². The predicted molar refractivity (Wildman–Crippen MR) is 220 cm³/mol. The summed E-state index contributed by atoms with van der Waals surface area (Å²) in [5.41, 5.74) is -0.411. The van der Waals surface area contributed by atoms with Gasteiger partial charge < -0.3 is 20.3 Å². The number of aromatic nitrogens is 1. The number of nitrogens with one attached hydrogen (secondary N) is 3. The molecule has 60 heavy (non-hydrogen) atoms. The highest BCUT2D eigenvalue weighted by molar-refractivity contribution is 7.81. The van der Waals surface area contributed by atoms with Crippen molar-refractivity contribution in [1.82, 2.24) is 15.2 Å². The zero-order valence-electron chi connectivity index (χ0n) is 33.4. The summed E-state index contributed by atoms with van der Waals surface area (Å²) in [5.74, 6) is 1.33. The zero-order chi connectivity index (χ0) is 42.7. The standard InChI is InChI=1S/C43H45F3N8O5S/c1-4-24-16-28(54-40(60)53(39(58)41(54,2)3)29-18-30(43(44,45)46)33(20-47)48-21-29)8-10-34(24)59-15-14-52-22-25-19-42(31(23-52)37(25)42)13-12-36(56)50-27-7-5-6-26(17-27)49-32-9-11-35(55)51-38(32)57/h5-8,10,16-18,21,25,31-32,37,49H,4,9,11-15,19,22-23H2,1-3H3,(H,50,56)(H,51,55,57)/t25?,31?,32?,37?,42-/m0/s1. The topological polar surface area (TPSA) is 160 Å². The van der Waals surface area contributed by atoms with Crippen LogP contribution in [0.4, 0.5) is 35.9 Å². The zero-order valence-corrected chi connectivity index (χ0v) is 34.2. The molecule has 4 heterocycles. The molecular formula is C43H45F3N8O5S. The normalized spacial score (nSPS) is 25.6. The number of nitriles is 1. The average Bonchev–Trinajstić information content (AvgIpc) is 3.73. The number of hydrogen-bond donors (Lipinski definition) is 3. The Kier molecular flexibility index (Phi) is 10.6. The minimum Gasteiger partial charge on any atom is -0.492 e. The van der Waals surface area contributed by atoms with E-state index in [0.29, 0.717) is 66.4 Å². The molecule has 5 fully saturated rings. The molecule has 314 valence electrons. The summed E-state index contributed by atoms with van der Waals surface area (Å²) in [7, 11) is 0. The minimum atomic E-state index is -4.85. The van der Waals surface area contributed by atoms with Crippen LogP contribution < -0.4 is 30.5 Å². The molecule has 8 rings (SSSR count). The van der Waals surface area contributed by atoms with Crippen LogP contribution in [0.15, 0.2) is 54.7 Å². The van der Waals surface area contributed by atoms with E-state index in [9.17, 15) is 37.6 Å². The molecule has 3 saturated heterocycles. The van der Waals surface area contributed by atoms with E-state index in [2.05, 4.69) is 25.8 Å². The summed E-state index contributed by atoms with van der Waals surface area (Å²) in [6.07, 6.45) is -0.0939. The third-order valence-electron chi connectivity index (χ3n) is 12.9. The molecule has 0 bridgehead atoms. The van der Waals surface area contributed by atoms with Crippen molar-refractivity contribution in [1.29, 1.82) is 5.26 Å². The number of fused-ring (bicyclic) bond motifs is 1. The molecule has 5 aliphatic rings. The van der Waals surface area contributed by atoms with Gasteiger partial charge in [-0.15, -0.1) is 0 Å². The number of thiocarbonyl (C=S) groups is 1. The quantitative estimate of drug-likeness (QED) is 0.136. The number of imide groups is 1. The molecule has 4 unspecified atom stereocenters. The van der Waals surface area contributed by atoms with Crippen LogP contribution >= 0.6 is 12.2 Å². The Hall–Kier alpha value is -5.60. The van der Waals surface area contributed by atoms with Crippen LogP contribution in [0.3, 0.4) is 0 Å². The number of halogens is 3. The van der Waals surface area contributed by atoms with E-state index in [-0.39, 0.29) is 40.4 Å². The summed E-state index contributed by atoms with van der Waals surface area (Å²) >= 11 is 5.71. The molecule has 5 atom stereocenters. The number of carbonyl (C=O) groups is 4. The van der Waals surface area contributed by atoms with E-state index in [1.54, 1.807) is 30.9 Å². The Bertz CT molecular complexity index is 2330. The molecule has 2 aliphatic carbocycles. The van der Waals surface area contributed by atoms with Crippen molar-refractivity contribution in [2.75, 3.05) is 46.7 Å². The Morgan fingerprint density at radius 2 is 1.88 bits per heavy atom. The molecular weight excluding hydrogens is 798 g/mol. The van der Waals surface area contributed by atoms with Gasteiger partial charge in [0.1, 0.15) is 30.0 Å². The monoisotopic (exact) mass is 842 g/mol. The fraction of sp³-hybridized carbons (Fsp3) is 0.465. The van der Waals surface area contributed by atoms with Crippen LogP contribution in [0.1, 0.15) is 69.7 Å². The van der Waals surface area contributed by atoms with Crippen molar-refractivity contribution in [2.24, 2.45) is 23.2 Å². The van der Waals surface area contributed by atoms with Crippen molar-refractivity contribution in [3.63, 3.8) is 0 Å². The molecule has 2 saturated carbocycles. The molecule has 3 aromatic rings. The first-order valence-corrected chi connectivity index (χ1v) is 20.6. The van der Waals surface area contributed by atoms with Gasteiger partial charge in [0.25, 0.3) is 5.91 Å². The van der Waals surface area contributed by atoms with Gasteiger partial charge in [0.05, 0.1) is 17.4 Å². The fourth-order valence-corrected chi connectivity index (χ4v) is 10.5. The van der Waals surface area contributed by atoms with Crippen LogP contribution in [-0.4, -0.2) is 76.4 Å². The molecule has 2 aromatic carbocycles. The fourth-order valence-electron chi connectivity index (χ4n) is 9.98. The summed E-state index contributed by atoms with van der Waals surface area (Å²) in [6, 6.07) is 14.4. The maximum Gasteiger partial charge on any atom is 0.419 e. The van der Waals surface area contributed by atoms with E-state index in [1.165, 1.54) is 6.07 Å². The number of carbonyl (C=O) groups excluding carboxylic acids is 4. The van der Waals surface area contributed by atoms with E-state index >= 15 is 0 Å². The van der Waals surface area contributed by atoms with E-state index in [0.717, 1.165) is 55.2 Å². The third-order valence-corrected chi connectivity index (χ3v) is 13.3. The number of piperidine rings is 2. The highest BCUT2D eigenvalue weighted by Gasteiger charge is 2.75. The smallest absolute Gasteiger partial charge is 0.419 e. The van der Waals surface area contributed by atoms with Crippen LogP contribution in [-0.2, 0) is 31.8 Å². The number of anilines is 4. The van der Waals surface area contributed by atoms with Crippen LogP contribution in [0.2, 0.25) is 0 Å². The van der Waals surface area contributed by atoms with Crippen LogP contribution in [0, 0.1) is 34.5 Å². The van der Waals surface area contributed by atoms with Gasteiger partial charge in [0.15, 0.2) is 10.8 Å². The minimum absolute atomic E-state index is 0.00743. The number of aryl methyl sites for hydroxylation is 1. The number of nitrogens with zero attached hydrogens (tertiary/aromatic N) is 5. The van der Waals surface area contributed by atoms with Gasteiger partial charge in [-0.25, -0.2) is 4.98 Å². The van der Waals surface area contributed by atoms with Crippen molar-refractivity contribution in [3.8, 4) is 11.8 Å². The molecule has 13 nitrogen and oxygen atoms in total. The first-order valence-electron chi connectivity index (χ1n) is 20.2. The first-order chi connectivity index (χ1) is 28.5. The van der Waals surface area contributed by atoms with E-state index < -0.39 is 34.9 Å². The second kappa shape index (κ2) is 15.5. The Morgan fingerprint density at radius 3 is 2.62 bits per heavy atom. The number of ether oxygens (including phenoxy) is 1. The lowest BCUT2D eigenvalue weighted by Crippen LogP contribution is -2.47. The summed E-state index contributed by atoms with van der Waals surface area (Å²) in [4.78, 5) is 59.2. The summed E-state index contributed by atoms with van der Waals surface area (Å²) in [6.45, 7) is 8.46. The van der Waals surface area contributed by atoms with Gasteiger partial charge >= 0.3 is 6.18 Å². The highest BCUT2D eigenvalue weighted by atomic mass is 32.1. The van der Waals surface area contributed by atoms with E-state index in [1.807, 2.05) is 37.3 Å². The van der Waals surface area contributed by atoms with Crippen LogP contribution in [0.25, 0.3) is 0 Å². The van der Waals surface area contributed by atoms with Crippen LogP contribution in [0.5, 0.6) is 5.75 Å². The van der Waals surface area contributed by atoms with Crippen molar-refractivity contribution < 1.29 is 37.1 Å². The lowest BCUT2D eigenvalue weighted by atomic mass is 9.72. The Morgan fingerprint density at radius 1 is 1.10 bits per heavy atom. The number of amides is 4. The van der Waals surface area contributed by atoms with Crippen molar-refractivity contribution in [2.45, 2.75) is 77.1 Å². The Balaban J connectivity index is 0.834. The summed E-state index contributed by atoms with van der Waals surface area (Å²) in [5, 5.41) is 17.7. The number of benzene rings is 2. The number of alkyl halides is 3. The lowest BCUT2D eigenvalue weighted by molar-refractivity contribution is -0.138. The molecule has 3 N–H and O–H groups in total. The number of hydrogen-bond acceptors (Lipinski definition) is 10. The molecule has 1 aromatic heterocycles. The van der Waals surface area contributed by atoms with Gasteiger partial charge in [0.2, 0.25) is 17.7 Å². The second-order valence-corrected chi connectivity index (χ2v) is 17.2. The number of pyridine rings is 1. The number of rotatable bonds is 13. The van der Waals surface area contributed by atoms with Gasteiger partial charge in [-0.3, -0.25) is 34.3 Å². The molecule has 17 heteroatoms. The third kappa shape index (κ3) is 7.44. The molecule has 0 spiro atoms. The predicted octanol–water partition coefficient (Wildman–Crippen LogP) is 6.03.